The average molecular weight is 341 g/mol. The highest BCUT2D eigenvalue weighted by Crippen LogP contribution is 2.33. The molecular formula is C22H31NO2. The van der Waals surface area contributed by atoms with Crippen LogP contribution >= 0.6 is 0 Å². The summed E-state index contributed by atoms with van der Waals surface area (Å²) in [6.07, 6.45) is -0.516. The highest BCUT2D eigenvalue weighted by molar-refractivity contribution is 5.38. The van der Waals surface area contributed by atoms with Crippen LogP contribution in [0, 0.1) is 0 Å². The molecular weight excluding hydrogens is 310 g/mol. The van der Waals surface area contributed by atoms with Gasteiger partial charge >= 0.3 is 0 Å². The molecule has 0 amide bonds. The number of aliphatic hydroxyl groups is 2. The topological polar surface area (TPSA) is 43.7 Å². The van der Waals surface area contributed by atoms with E-state index in [2.05, 4.69) is 44.7 Å². The van der Waals surface area contributed by atoms with E-state index < -0.39 is 6.29 Å². The Morgan fingerprint density at radius 1 is 0.760 bits per heavy atom. The lowest BCUT2D eigenvalue weighted by Crippen LogP contribution is -2.38. The molecule has 1 atom stereocenters. The van der Waals surface area contributed by atoms with Crippen molar-refractivity contribution in [2.24, 2.45) is 0 Å². The maximum absolute atomic E-state index is 9.80. The van der Waals surface area contributed by atoms with Crippen molar-refractivity contribution < 1.29 is 10.2 Å². The van der Waals surface area contributed by atoms with Crippen molar-refractivity contribution in [1.82, 2.24) is 4.90 Å². The number of rotatable bonds is 8. The Bertz CT molecular complexity index is 629. The van der Waals surface area contributed by atoms with Crippen LogP contribution in [0.1, 0.15) is 63.0 Å². The second-order valence-electron chi connectivity index (χ2n) is 7.18. The van der Waals surface area contributed by atoms with Crippen LogP contribution in [-0.2, 0) is 0 Å². The molecule has 1 unspecified atom stereocenters. The Labute approximate surface area is 151 Å². The van der Waals surface area contributed by atoms with Gasteiger partial charge in [0.05, 0.1) is 0 Å². The van der Waals surface area contributed by atoms with E-state index in [1.54, 1.807) is 6.07 Å². The molecule has 2 aromatic carbocycles. The van der Waals surface area contributed by atoms with Crippen LogP contribution in [0.15, 0.2) is 54.6 Å². The van der Waals surface area contributed by atoms with Crippen LogP contribution in [0.2, 0.25) is 0 Å². The summed E-state index contributed by atoms with van der Waals surface area (Å²) in [6.45, 7) is 9.86. The molecule has 0 aliphatic carbocycles. The van der Waals surface area contributed by atoms with Gasteiger partial charge in [0.1, 0.15) is 0 Å². The summed E-state index contributed by atoms with van der Waals surface area (Å²) >= 11 is 0. The lowest BCUT2D eigenvalue weighted by molar-refractivity contribution is -0.0432. The second kappa shape index (κ2) is 9.14. The van der Waals surface area contributed by atoms with Crippen molar-refractivity contribution in [3.05, 3.63) is 71.3 Å². The lowest BCUT2D eigenvalue weighted by Gasteiger charge is -2.32. The molecule has 0 bridgehead atoms. The highest BCUT2D eigenvalue weighted by Gasteiger charge is 2.22. The van der Waals surface area contributed by atoms with Crippen molar-refractivity contribution in [3.63, 3.8) is 0 Å². The Kier molecular flexibility index (Phi) is 7.18. The van der Waals surface area contributed by atoms with Crippen molar-refractivity contribution in [1.29, 1.82) is 0 Å². The first-order valence-electron chi connectivity index (χ1n) is 9.17. The van der Waals surface area contributed by atoms with Gasteiger partial charge in [0.25, 0.3) is 0 Å². The minimum absolute atomic E-state index is 0.138. The van der Waals surface area contributed by atoms with Crippen LogP contribution < -0.4 is 0 Å². The van der Waals surface area contributed by atoms with Crippen LogP contribution in [0.3, 0.4) is 0 Å². The minimum Gasteiger partial charge on any atom is -0.364 e. The van der Waals surface area contributed by atoms with Gasteiger partial charge in [-0.3, -0.25) is 4.90 Å². The van der Waals surface area contributed by atoms with Gasteiger partial charge in [-0.25, -0.2) is 0 Å². The van der Waals surface area contributed by atoms with Gasteiger partial charge in [-0.05, 0) is 51.8 Å². The minimum atomic E-state index is -1.45. The summed E-state index contributed by atoms with van der Waals surface area (Å²) in [5, 5.41) is 19.6. The van der Waals surface area contributed by atoms with Crippen molar-refractivity contribution in [3.8, 4) is 0 Å². The van der Waals surface area contributed by atoms with E-state index in [0.29, 0.717) is 17.6 Å². The molecule has 25 heavy (non-hydrogen) atoms. The van der Waals surface area contributed by atoms with Gasteiger partial charge < -0.3 is 10.2 Å². The fraction of sp³-hybridized carbons (Fsp3) is 0.455. The molecule has 0 radical (unpaired) electrons. The van der Waals surface area contributed by atoms with Gasteiger partial charge in [-0.15, -0.1) is 0 Å². The standard InChI is InChI=1S/C22H31NO2/c1-16(2)23(17(3)4)15-14-19(18-10-6-5-7-11-18)20-12-8-9-13-21(20)22(24)25/h5-13,16-17,19,22,24-25H,14-15H2,1-4H3. The van der Waals surface area contributed by atoms with E-state index in [4.69, 9.17) is 0 Å². The maximum Gasteiger partial charge on any atom is 0.178 e. The van der Waals surface area contributed by atoms with E-state index in [9.17, 15) is 10.2 Å². The van der Waals surface area contributed by atoms with Gasteiger partial charge in [0.2, 0.25) is 0 Å². The summed E-state index contributed by atoms with van der Waals surface area (Å²) in [7, 11) is 0. The maximum atomic E-state index is 9.80. The Morgan fingerprint density at radius 2 is 1.28 bits per heavy atom. The van der Waals surface area contributed by atoms with E-state index in [1.165, 1.54) is 5.56 Å². The van der Waals surface area contributed by atoms with Crippen molar-refractivity contribution >= 4 is 0 Å². The zero-order valence-electron chi connectivity index (χ0n) is 15.8. The molecule has 0 aliphatic rings. The number of hydrogen-bond donors (Lipinski definition) is 2. The first-order chi connectivity index (χ1) is 11.9. The molecule has 0 spiro atoms. The van der Waals surface area contributed by atoms with Crippen LogP contribution in [0.5, 0.6) is 0 Å². The molecule has 136 valence electrons. The number of nitrogens with zero attached hydrogens (tertiary/aromatic N) is 1. The predicted molar refractivity (Wildman–Crippen MR) is 104 cm³/mol. The molecule has 0 saturated carbocycles. The largest absolute Gasteiger partial charge is 0.364 e. The van der Waals surface area contributed by atoms with Crippen LogP contribution in [0.25, 0.3) is 0 Å². The third-order valence-electron chi connectivity index (χ3n) is 4.85. The molecule has 2 rings (SSSR count). The zero-order chi connectivity index (χ0) is 18.4. The van der Waals surface area contributed by atoms with Gasteiger partial charge in [-0.2, -0.15) is 0 Å². The third kappa shape index (κ3) is 5.15. The normalized spacial score (nSPS) is 13.2. The Balaban J connectivity index is 2.36. The van der Waals surface area contributed by atoms with Crippen LogP contribution in [-0.4, -0.2) is 33.7 Å². The molecule has 0 fully saturated rings. The molecule has 0 aromatic heterocycles. The van der Waals surface area contributed by atoms with E-state index >= 15 is 0 Å². The van der Waals surface area contributed by atoms with E-state index in [-0.39, 0.29) is 5.92 Å². The molecule has 0 aliphatic heterocycles. The number of benzene rings is 2. The molecule has 3 heteroatoms. The van der Waals surface area contributed by atoms with E-state index in [0.717, 1.165) is 18.5 Å². The van der Waals surface area contributed by atoms with Gasteiger partial charge in [0, 0.05) is 23.6 Å². The van der Waals surface area contributed by atoms with Crippen molar-refractivity contribution in [2.75, 3.05) is 6.54 Å². The third-order valence-corrected chi connectivity index (χ3v) is 4.85. The molecule has 2 aromatic rings. The van der Waals surface area contributed by atoms with E-state index in [1.807, 2.05) is 36.4 Å². The number of aliphatic hydroxyl groups excluding tert-OH is 1. The zero-order valence-corrected chi connectivity index (χ0v) is 15.8. The molecule has 0 heterocycles. The molecule has 3 nitrogen and oxygen atoms in total. The van der Waals surface area contributed by atoms with Gasteiger partial charge in [-0.1, -0.05) is 54.6 Å². The molecule has 0 saturated heterocycles. The number of hydrogen-bond acceptors (Lipinski definition) is 3. The first kappa shape index (κ1) is 19.6. The summed E-state index contributed by atoms with van der Waals surface area (Å²) in [5.41, 5.74) is 2.80. The monoisotopic (exact) mass is 341 g/mol. The summed E-state index contributed by atoms with van der Waals surface area (Å²) in [6, 6.07) is 19.0. The first-order valence-corrected chi connectivity index (χ1v) is 9.17. The van der Waals surface area contributed by atoms with Gasteiger partial charge in [0.15, 0.2) is 6.29 Å². The average Bonchev–Trinajstić information content (AvgIpc) is 2.59. The quantitative estimate of drug-likeness (QED) is 0.703. The Hall–Kier alpha value is -1.68. The SMILES string of the molecule is CC(C)N(CCC(c1ccccc1)c1ccccc1C(O)O)C(C)C. The highest BCUT2D eigenvalue weighted by atomic mass is 16.5. The summed E-state index contributed by atoms with van der Waals surface area (Å²) < 4.78 is 0. The fourth-order valence-electron chi connectivity index (χ4n) is 3.64. The predicted octanol–water partition coefficient (Wildman–Crippen LogP) is 4.31. The second-order valence-corrected chi connectivity index (χ2v) is 7.18. The van der Waals surface area contributed by atoms with Crippen LogP contribution in [0.4, 0.5) is 0 Å². The fourth-order valence-corrected chi connectivity index (χ4v) is 3.64. The summed E-state index contributed by atoms with van der Waals surface area (Å²) in [4.78, 5) is 2.48. The lowest BCUT2D eigenvalue weighted by atomic mass is 9.85. The molecule has 2 N–H and O–H groups in total. The Morgan fingerprint density at radius 3 is 1.80 bits per heavy atom. The smallest absolute Gasteiger partial charge is 0.178 e. The van der Waals surface area contributed by atoms with Crippen molar-refractivity contribution in [2.45, 2.75) is 58.4 Å². The summed E-state index contributed by atoms with van der Waals surface area (Å²) in [5.74, 6) is 0.138.